The van der Waals surface area contributed by atoms with Crippen molar-refractivity contribution < 1.29 is 9.53 Å². The number of amides is 1. The predicted molar refractivity (Wildman–Crippen MR) is 114 cm³/mol. The van der Waals surface area contributed by atoms with E-state index < -0.39 is 0 Å². The van der Waals surface area contributed by atoms with Crippen LogP contribution in [0.25, 0.3) is 0 Å². The maximum absolute atomic E-state index is 12.0. The van der Waals surface area contributed by atoms with E-state index in [0.29, 0.717) is 25.7 Å². The molecule has 28 heavy (non-hydrogen) atoms. The number of carbonyl (C=O) groups excluding carboxylic acids is 1. The van der Waals surface area contributed by atoms with Crippen LogP contribution in [0.2, 0.25) is 0 Å². The maximum atomic E-state index is 12.0. The second kappa shape index (κ2) is 12.4. The Morgan fingerprint density at radius 1 is 0.964 bits per heavy atom. The summed E-state index contributed by atoms with van der Waals surface area (Å²) in [6.45, 7) is 6.55. The van der Waals surface area contributed by atoms with Gasteiger partial charge < -0.3 is 20.7 Å². The Hall–Kier alpha value is -3.02. The Labute approximate surface area is 167 Å². The number of rotatable bonds is 10. The molecule has 0 fully saturated rings. The van der Waals surface area contributed by atoms with E-state index >= 15 is 0 Å². The van der Waals surface area contributed by atoms with Crippen molar-refractivity contribution in [3.8, 4) is 5.75 Å². The van der Waals surface area contributed by atoms with Gasteiger partial charge in [0, 0.05) is 13.1 Å². The van der Waals surface area contributed by atoms with Crippen LogP contribution in [0.4, 0.5) is 0 Å². The summed E-state index contributed by atoms with van der Waals surface area (Å²) in [6.07, 6.45) is 0.810. The molecule has 2 rings (SSSR count). The van der Waals surface area contributed by atoms with Gasteiger partial charge in [-0.1, -0.05) is 48.0 Å². The molecule has 0 saturated heterocycles. The van der Waals surface area contributed by atoms with E-state index in [1.54, 1.807) is 0 Å². The molecule has 0 aliphatic heterocycles. The zero-order valence-corrected chi connectivity index (χ0v) is 16.7. The van der Waals surface area contributed by atoms with Crippen LogP contribution < -0.4 is 20.7 Å². The molecule has 0 unspecified atom stereocenters. The van der Waals surface area contributed by atoms with Crippen molar-refractivity contribution in [2.24, 2.45) is 4.99 Å². The molecule has 0 aliphatic rings. The van der Waals surface area contributed by atoms with Crippen molar-refractivity contribution >= 4 is 11.9 Å². The van der Waals surface area contributed by atoms with Crippen LogP contribution in [0.5, 0.6) is 5.75 Å². The average molecular weight is 383 g/mol. The summed E-state index contributed by atoms with van der Waals surface area (Å²) in [7, 11) is 0. The Balaban J connectivity index is 1.67. The van der Waals surface area contributed by atoms with E-state index in [-0.39, 0.29) is 12.5 Å². The van der Waals surface area contributed by atoms with Crippen molar-refractivity contribution in [3.05, 3.63) is 65.7 Å². The highest BCUT2D eigenvalue weighted by Crippen LogP contribution is 2.10. The summed E-state index contributed by atoms with van der Waals surface area (Å²) in [4.78, 5) is 16.3. The Morgan fingerprint density at radius 2 is 1.71 bits per heavy atom. The van der Waals surface area contributed by atoms with Gasteiger partial charge in [0.05, 0.1) is 6.54 Å². The van der Waals surface area contributed by atoms with Crippen molar-refractivity contribution in [2.45, 2.75) is 20.3 Å². The molecule has 0 heterocycles. The summed E-state index contributed by atoms with van der Waals surface area (Å²) >= 11 is 0. The van der Waals surface area contributed by atoms with Gasteiger partial charge in [-0.3, -0.25) is 4.79 Å². The maximum Gasteiger partial charge on any atom is 0.241 e. The fraction of sp³-hybridized carbons (Fsp3) is 0.364. The second-order valence-corrected chi connectivity index (χ2v) is 6.37. The van der Waals surface area contributed by atoms with Crippen LogP contribution in [0.15, 0.2) is 59.6 Å². The zero-order valence-electron chi connectivity index (χ0n) is 16.7. The summed E-state index contributed by atoms with van der Waals surface area (Å²) in [6, 6.07) is 18.0. The van der Waals surface area contributed by atoms with Crippen LogP contribution in [0, 0.1) is 6.92 Å². The van der Waals surface area contributed by atoms with E-state index in [9.17, 15) is 4.79 Å². The highest BCUT2D eigenvalue weighted by molar-refractivity contribution is 5.84. The molecule has 0 aromatic heterocycles. The Morgan fingerprint density at radius 3 is 2.43 bits per heavy atom. The van der Waals surface area contributed by atoms with Gasteiger partial charge in [-0.05, 0) is 38.0 Å². The minimum atomic E-state index is -0.0935. The van der Waals surface area contributed by atoms with Crippen LogP contribution in [0.1, 0.15) is 18.1 Å². The third-order valence-electron chi connectivity index (χ3n) is 3.99. The summed E-state index contributed by atoms with van der Waals surface area (Å²) in [5.41, 5.74) is 2.41. The fourth-order valence-electron chi connectivity index (χ4n) is 2.51. The van der Waals surface area contributed by atoms with Gasteiger partial charge in [-0.15, -0.1) is 0 Å². The van der Waals surface area contributed by atoms with Gasteiger partial charge in [-0.2, -0.15) is 0 Å². The monoisotopic (exact) mass is 382 g/mol. The number of nitrogens with one attached hydrogen (secondary N) is 3. The molecule has 6 heteroatoms. The summed E-state index contributed by atoms with van der Waals surface area (Å²) in [5.74, 6) is 1.35. The normalized spacial score (nSPS) is 11.0. The quantitative estimate of drug-likeness (QED) is 0.335. The smallest absolute Gasteiger partial charge is 0.241 e. The molecule has 0 saturated carbocycles. The first-order chi connectivity index (χ1) is 13.7. The number of hydrogen-bond acceptors (Lipinski definition) is 3. The third kappa shape index (κ3) is 8.58. The molecule has 2 aromatic rings. The lowest BCUT2D eigenvalue weighted by molar-refractivity contribution is -0.119. The lowest BCUT2D eigenvalue weighted by Crippen LogP contribution is -2.40. The SMILES string of the molecule is CCNC(=NCC(=O)NCCc1ccccc1)NCCOc1ccc(C)cc1. The molecule has 0 radical (unpaired) electrons. The Bertz CT molecular complexity index is 730. The molecule has 0 spiro atoms. The van der Waals surface area contributed by atoms with Gasteiger partial charge in [0.15, 0.2) is 5.96 Å². The highest BCUT2D eigenvalue weighted by Gasteiger charge is 2.02. The molecule has 1 amide bonds. The summed E-state index contributed by atoms with van der Waals surface area (Å²) in [5, 5.41) is 9.20. The minimum absolute atomic E-state index is 0.0863. The lowest BCUT2D eigenvalue weighted by Gasteiger charge is -2.12. The average Bonchev–Trinajstić information content (AvgIpc) is 2.71. The predicted octanol–water partition coefficient (Wildman–Crippen LogP) is 2.29. The van der Waals surface area contributed by atoms with Gasteiger partial charge in [0.2, 0.25) is 5.91 Å². The number of nitrogens with zero attached hydrogens (tertiary/aromatic N) is 1. The van der Waals surface area contributed by atoms with Gasteiger partial charge in [-0.25, -0.2) is 4.99 Å². The van der Waals surface area contributed by atoms with E-state index in [1.165, 1.54) is 11.1 Å². The molecule has 0 aliphatic carbocycles. The first-order valence-corrected chi connectivity index (χ1v) is 9.69. The molecule has 6 nitrogen and oxygen atoms in total. The third-order valence-corrected chi connectivity index (χ3v) is 3.99. The first-order valence-electron chi connectivity index (χ1n) is 9.69. The number of aliphatic imine (C=N–C) groups is 1. The van der Waals surface area contributed by atoms with E-state index in [0.717, 1.165) is 18.7 Å². The number of aryl methyl sites for hydroxylation is 1. The number of hydrogen-bond donors (Lipinski definition) is 3. The molecular formula is C22H30N4O2. The molecule has 2 aromatic carbocycles. The van der Waals surface area contributed by atoms with Crippen LogP contribution in [-0.2, 0) is 11.2 Å². The van der Waals surface area contributed by atoms with Gasteiger partial charge >= 0.3 is 0 Å². The van der Waals surface area contributed by atoms with Gasteiger partial charge in [0.25, 0.3) is 0 Å². The number of carbonyl (C=O) groups is 1. The number of benzene rings is 2. The summed E-state index contributed by atoms with van der Waals surface area (Å²) < 4.78 is 5.69. The van der Waals surface area contributed by atoms with Gasteiger partial charge in [0.1, 0.15) is 18.9 Å². The van der Waals surface area contributed by atoms with E-state index in [1.807, 2.05) is 56.3 Å². The Kier molecular flexibility index (Phi) is 9.41. The molecule has 150 valence electrons. The molecular weight excluding hydrogens is 352 g/mol. The molecule has 0 bridgehead atoms. The first kappa shape index (κ1) is 21.3. The van der Waals surface area contributed by atoms with E-state index in [2.05, 4.69) is 33.1 Å². The standard InChI is InChI=1S/C22H30N4O2/c1-3-23-22(25-15-16-28-20-11-9-18(2)10-12-20)26-17-21(27)24-14-13-19-7-5-4-6-8-19/h4-12H,3,13-17H2,1-2H3,(H,24,27)(H2,23,25,26). The van der Waals surface area contributed by atoms with Crippen LogP contribution >= 0.6 is 0 Å². The topological polar surface area (TPSA) is 74.8 Å². The number of guanidine groups is 1. The highest BCUT2D eigenvalue weighted by atomic mass is 16.5. The molecule has 0 atom stereocenters. The molecule has 3 N–H and O–H groups in total. The lowest BCUT2D eigenvalue weighted by atomic mass is 10.1. The zero-order chi connectivity index (χ0) is 20.0. The second-order valence-electron chi connectivity index (χ2n) is 6.37. The van der Waals surface area contributed by atoms with Crippen LogP contribution in [-0.4, -0.2) is 44.7 Å². The minimum Gasteiger partial charge on any atom is -0.492 e. The number of ether oxygens (including phenoxy) is 1. The van der Waals surface area contributed by atoms with Crippen molar-refractivity contribution in [2.75, 3.05) is 32.8 Å². The van der Waals surface area contributed by atoms with E-state index in [4.69, 9.17) is 4.74 Å². The van der Waals surface area contributed by atoms with Crippen LogP contribution in [0.3, 0.4) is 0 Å². The fourth-order valence-corrected chi connectivity index (χ4v) is 2.51. The van der Waals surface area contributed by atoms with Crippen molar-refractivity contribution in [3.63, 3.8) is 0 Å². The largest absolute Gasteiger partial charge is 0.492 e. The van der Waals surface area contributed by atoms with Crippen molar-refractivity contribution in [1.29, 1.82) is 0 Å². The van der Waals surface area contributed by atoms with Crippen molar-refractivity contribution in [1.82, 2.24) is 16.0 Å².